The van der Waals surface area contributed by atoms with E-state index in [0.29, 0.717) is 18.7 Å². The van der Waals surface area contributed by atoms with E-state index in [1.807, 2.05) is 17.9 Å². The molecule has 3 rings (SSSR count). The van der Waals surface area contributed by atoms with Gasteiger partial charge < -0.3 is 4.90 Å². The smallest absolute Gasteiger partial charge is 0.254 e. The third kappa shape index (κ3) is 2.34. The Kier molecular flexibility index (Phi) is 3.09. The number of sulfonamides is 1. The molecule has 0 bridgehead atoms. The van der Waals surface area contributed by atoms with Crippen molar-refractivity contribution in [3.63, 3.8) is 0 Å². The second-order valence-corrected chi connectivity index (χ2v) is 6.87. The van der Waals surface area contributed by atoms with Crippen LogP contribution in [0.5, 0.6) is 0 Å². The summed E-state index contributed by atoms with van der Waals surface area (Å²) in [7, 11) is -3.52. The zero-order valence-electron chi connectivity index (χ0n) is 11.1. The van der Waals surface area contributed by atoms with Gasteiger partial charge in [-0.1, -0.05) is 0 Å². The molecule has 0 aromatic carbocycles. The topological polar surface area (TPSA) is 106 Å². The molecule has 1 aliphatic rings. The van der Waals surface area contributed by atoms with Crippen molar-refractivity contribution in [3.05, 3.63) is 18.1 Å². The second-order valence-electron chi connectivity index (χ2n) is 5.03. The maximum atomic E-state index is 11.5. The molecule has 3 heterocycles. The van der Waals surface area contributed by atoms with Crippen molar-refractivity contribution in [2.24, 2.45) is 5.14 Å². The van der Waals surface area contributed by atoms with E-state index in [-0.39, 0.29) is 0 Å². The second kappa shape index (κ2) is 4.67. The van der Waals surface area contributed by atoms with Crippen molar-refractivity contribution < 1.29 is 8.42 Å². The molecule has 20 heavy (non-hydrogen) atoms. The summed E-state index contributed by atoms with van der Waals surface area (Å²) in [5.74, 6) is 1.32. The average Bonchev–Trinajstić information content (AvgIpc) is 2.85. The Bertz CT molecular complexity index is 740. The van der Waals surface area contributed by atoms with Gasteiger partial charge in [0.2, 0.25) is 10.0 Å². The molecule has 1 aliphatic heterocycles. The first-order valence-electron chi connectivity index (χ1n) is 6.39. The Hall–Kier alpha value is -1.74. The number of nitrogens with zero attached hydrogens (tertiary/aromatic N) is 5. The van der Waals surface area contributed by atoms with E-state index in [9.17, 15) is 8.42 Å². The predicted molar refractivity (Wildman–Crippen MR) is 73.9 cm³/mol. The highest BCUT2D eigenvalue weighted by Gasteiger charge is 2.29. The van der Waals surface area contributed by atoms with Crippen LogP contribution in [0.4, 0.5) is 5.82 Å². The molecule has 8 nitrogen and oxygen atoms in total. The Morgan fingerprint density at radius 1 is 1.45 bits per heavy atom. The minimum Gasteiger partial charge on any atom is -0.355 e. The normalized spacial score (nSPS) is 20.5. The molecule has 0 saturated carbocycles. The first-order chi connectivity index (χ1) is 9.45. The van der Waals surface area contributed by atoms with Crippen LogP contribution in [0.3, 0.4) is 0 Å². The third-order valence-corrected chi connectivity index (χ3v) is 4.84. The van der Waals surface area contributed by atoms with Crippen LogP contribution in [0.15, 0.2) is 12.4 Å². The monoisotopic (exact) mass is 296 g/mol. The minimum absolute atomic E-state index is 0.372. The average molecular weight is 296 g/mol. The van der Waals surface area contributed by atoms with Crippen LogP contribution in [0, 0.1) is 6.92 Å². The van der Waals surface area contributed by atoms with Crippen LogP contribution in [-0.4, -0.2) is 46.3 Å². The van der Waals surface area contributed by atoms with Gasteiger partial charge in [-0.15, -0.1) is 0 Å². The number of anilines is 1. The van der Waals surface area contributed by atoms with Crippen molar-refractivity contribution in [2.75, 3.05) is 18.0 Å². The summed E-state index contributed by atoms with van der Waals surface area (Å²) in [4.78, 5) is 10.3. The lowest BCUT2D eigenvalue weighted by Crippen LogP contribution is -2.45. The van der Waals surface area contributed by atoms with Gasteiger partial charge in [0, 0.05) is 24.8 Å². The van der Waals surface area contributed by atoms with Gasteiger partial charge in [-0.2, -0.15) is 14.6 Å². The number of aromatic nitrogens is 4. The van der Waals surface area contributed by atoms with E-state index in [2.05, 4.69) is 15.1 Å². The molecule has 9 heteroatoms. The van der Waals surface area contributed by atoms with Gasteiger partial charge in [0.25, 0.3) is 5.78 Å². The third-order valence-electron chi connectivity index (χ3n) is 3.53. The van der Waals surface area contributed by atoms with Crippen LogP contribution in [-0.2, 0) is 10.0 Å². The Morgan fingerprint density at radius 3 is 3.00 bits per heavy atom. The van der Waals surface area contributed by atoms with Crippen LogP contribution in [0.1, 0.15) is 18.5 Å². The molecule has 108 valence electrons. The van der Waals surface area contributed by atoms with E-state index in [1.54, 1.807) is 4.52 Å². The fourth-order valence-electron chi connectivity index (χ4n) is 2.55. The molecule has 0 spiro atoms. The van der Waals surface area contributed by atoms with E-state index < -0.39 is 15.3 Å². The molecule has 2 aromatic heterocycles. The van der Waals surface area contributed by atoms with E-state index in [4.69, 9.17) is 5.14 Å². The fourth-order valence-corrected chi connectivity index (χ4v) is 3.43. The van der Waals surface area contributed by atoms with Crippen molar-refractivity contribution in [1.82, 2.24) is 19.6 Å². The molecule has 1 unspecified atom stereocenters. The first kappa shape index (κ1) is 13.3. The first-order valence-corrected chi connectivity index (χ1v) is 8.00. The lowest BCUT2D eigenvalue weighted by atomic mass is 10.1. The summed E-state index contributed by atoms with van der Waals surface area (Å²) in [6.45, 7) is 3.01. The van der Waals surface area contributed by atoms with Gasteiger partial charge in [0.15, 0.2) is 0 Å². The number of hydrogen-bond donors (Lipinski definition) is 1. The summed E-state index contributed by atoms with van der Waals surface area (Å²) >= 11 is 0. The SMILES string of the molecule is Cc1cc(N2CCCC(S(N)(=O)=O)C2)n2ncnc2n1. The standard InChI is InChI=1S/C11H16N6O2S/c1-8-5-10(17-11(15-8)13-7-14-17)16-4-2-3-9(6-16)20(12,18)19/h5,7,9H,2-4,6H2,1H3,(H2,12,18,19). The van der Waals surface area contributed by atoms with Crippen LogP contribution < -0.4 is 10.0 Å². The number of primary sulfonamides is 1. The van der Waals surface area contributed by atoms with E-state index in [1.165, 1.54) is 6.33 Å². The van der Waals surface area contributed by atoms with Crippen LogP contribution >= 0.6 is 0 Å². The predicted octanol–water partition coefficient (Wildman–Crippen LogP) is -0.310. The highest BCUT2D eigenvalue weighted by Crippen LogP contribution is 2.22. The Balaban J connectivity index is 2.00. The maximum Gasteiger partial charge on any atom is 0.254 e. The number of rotatable bonds is 2. The minimum atomic E-state index is -3.52. The molecule has 2 aromatic rings. The van der Waals surface area contributed by atoms with Gasteiger partial charge in [-0.3, -0.25) is 0 Å². The number of aryl methyl sites for hydroxylation is 1. The summed E-state index contributed by atoms with van der Waals surface area (Å²) in [6.07, 6.45) is 2.81. The highest BCUT2D eigenvalue weighted by molar-refractivity contribution is 7.89. The van der Waals surface area contributed by atoms with Crippen LogP contribution in [0.2, 0.25) is 0 Å². The van der Waals surface area contributed by atoms with E-state index >= 15 is 0 Å². The number of piperidine rings is 1. The van der Waals surface area contributed by atoms with Crippen molar-refractivity contribution >= 4 is 21.6 Å². The van der Waals surface area contributed by atoms with Crippen molar-refractivity contribution in [3.8, 4) is 0 Å². The zero-order valence-corrected chi connectivity index (χ0v) is 11.9. The van der Waals surface area contributed by atoms with Gasteiger partial charge in [0.1, 0.15) is 12.1 Å². The highest BCUT2D eigenvalue weighted by atomic mass is 32.2. The lowest BCUT2D eigenvalue weighted by Gasteiger charge is -2.33. The Labute approximate surface area is 116 Å². The molecule has 1 saturated heterocycles. The quantitative estimate of drug-likeness (QED) is 0.814. The fraction of sp³-hybridized carbons (Fsp3) is 0.545. The lowest BCUT2D eigenvalue weighted by molar-refractivity contribution is 0.528. The van der Waals surface area contributed by atoms with Crippen LogP contribution in [0.25, 0.3) is 5.78 Å². The number of fused-ring (bicyclic) bond motifs is 1. The van der Waals surface area contributed by atoms with Gasteiger partial charge in [-0.25, -0.2) is 18.5 Å². The van der Waals surface area contributed by atoms with Crippen molar-refractivity contribution in [1.29, 1.82) is 0 Å². The summed E-state index contributed by atoms with van der Waals surface area (Å²) in [5, 5.41) is 8.88. The van der Waals surface area contributed by atoms with Gasteiger partial charge in [0.05, 0.1) is 5.25 Å². The largest absolute Gasteiger partial charge is 0.355 e. The van der Waals surface area contributed by atoms with E-state index in [0.717, 1.165) is 24.5 Å². The molecule has 1 fully saturated rings. The zero-order chi connectivity index (χ0) is 14.3. The molecule has 1 atom stereocenters. The maximum absolute atomic E-state index is 11.5. The number of nitrogens with two attached hydrogens (primary N) is 1. The molecule has 2 N–H and O–H groups in total. The summed E-state index contributed by atoms with van der Waals surface area (Å²) in [6, 6.07) is 1.88. The molecule has 0 aliphatic carbocycles. The molecule has 0 amide bonds. The summed E-state index contributed by atoms with van der Waals surface area (Å²) in [5.41, 5.74) is 0.818. The van der Waals surface area contributed by atoms with Gasteiger partial charge >= 0.3 is 0 Å². The summed E-state index contributed by atoms with van der Waals surface area (Å²) < 4.78 is 24.7. The molecular formula is C11H16N6O2S. The van der Waals surface area contributed by atoms with Crippen molar-refractivity contribution in [2.45, 2.75) is 25.0 Å². The molecule has 0 radical (unpaired) electrons. The Morgan fingerprint density at radius 2 is 2.25 bits per heavy atom. The van der Waals surface area contributed by atoms with Gasteiger partial charge in [-0.05, 0) is 19.8 Å². The molecular weight excluding hydrogens is 280 g/mol. The number of hydrogen-bond acceptors (Lipinski definition) is 6.